The molecule has 1 aliphatic carbocycles. The number of amides is 3. The second-order valence-electron chi connectivity index (χ2n) is 8.71. The molecule has 3 heterocycles. The molecule has 2 fully saturated rings. The first-order chi connectivity index (χ1) is 16.0. The minimum Gasteiger partial charge on any atom is -0.457 e. The number of aliphatic hydroxyl groups excluding tert-OH is 1. The SMILES string of the molecule is Cc1cn(C(=O)NC2CC2)c2ccc(Oc3ccnc(NC(=O)N4CCC(O)CC4)c3)cc12. The summed E-state index contributed by atoms with van der Waals surface area (Å²) in [5, 5.41) is 16.4. The van der Waals surface area contributed by atoms with Crippen molar-refractivity contribution >= 4 is 28.8 Å². The summed E-state index contributed by atoms with van der Waals surface area (Å²) >= 11 is 0. The van der Waals surface area contributed by atoms with Gasteiger partial charge in [-0.3, -0.25) is 9.88 Å². The lowest BCUT2D eigenvalue weighted by Crippen LogP contribution is -2.42. The summed E-state index contributed by atoms with van der Waals surface area (Å²) in [6.45, 7) is 2.99. The Morgan fingerprint density at radius 2 is 1.82 bits per heavy atom. The smallest absolute Gasteiger partial charge is 0.326 e. The molecule has 172 valence electrons. The quantitative estimate of drug-likeness (QED) is 0.561. The van der Waals surface area contributed by atoms with Crippen LogP contribution >= 0.6 is 0 Å². The van der Waals surface area contributed by atoms with Crippen molar-refractivity contribution in [3.63, 3.8) is 0 Å². The maximum absolute atomic E-state index is 12.5. The molecule has 0 radical (unpaired) electrons. The highest BCUT2D eigenvalue weighted by molar-refractivity contribution is 5.94. The fraction of sp³-hybridized carbons (Fsp3) is 0.375. The van der Waals surface area contributed by atoms with Gasteiger partial charge in [-0.05, 0) is 62.4 Å². The molecule has 0 unspecified atom stereocenters. The van der Waals surface area contributed by atoms with Crippen LogP contribution in [0.2, 0.25) is 0 Å². The molecule has 0 spiro atoms. The number of pyridine rings is 1. The van der Waals surface area contributed by atoms with E-state index in [4.69, 9.17) is 4.74 Å². The largest absolute Gasteiger partial charge is 0.457 e. The molecular weight excluding hydrogens is 422 g/mol. The number of urea groups is 1. The van der Waals surface area contributed by atoms with Gasteiger partial charge in [0.2, 0.25) is 0 Å². The summed E-state index contributed by atoms with van der Waals surface area (Å²) < 4.78 is 7.67. The van der Waals surface area contributed by atoms with Crippen LogP contribution in [0, 0.1) is 6.92 Å². The number of likely N-dealkylation sites (tertiary alicyclic amines) is 1. The van der Waals surface area contributed by atoms with Crippen LogP contribution in [0.25, 0.3) is 10.9 Å². The Bertz CT molecular complexity index is 1190. The molecule has 9 heteroatoms. The predicted octanol–water partition coefficient (Wildman–Crippen LogP) is 3.85. The van der Waals surface area contributed by atoms with Crippen LogP contribution in [-0.4, -0.2) is 56.9 Å². The van der Waals surface area contributed by atoms with Gasteiger partial charge in [0.25, 0.3) is 0 Å². The number of piperidine rings is 1. The van der Waals surface area contributed by atoms with Crippen LogP contribution in [0.3, 0.4) is 0 Å². The molecule has 3 amide bonds. The third-order valence-electron chi connectivity index (χ3n) is 6.05. The Kier molecular flexibility index (Phi) is 5.63. The standard InChI is InChI=1S/C24H27N5O4/c1-15-14-29(24(32)26-16-2-3-16)21-5-4-18(12-20(15)21)33-19-6-9-25-22(13-19)27-23(31)28-10-7-17(30)8-11-28/h4-6,9,12-14,16-17,30H,2-3,7-8,10-11H2,1H3,(H,26,32)(H,25,27,31). The molecule has 0 atom stereocenters. The molecule has 1 saturated heterocycles. The molecule has 2 aromatic heterocycles. The number of hydrogen-bond acceptors (Lipinski definition) is 5. The highest BCUT2D eigenvalue weighted by Gasteiger charge is 2.25. The highest BCUT2D eigenvalue weighted by atomic mass is 16.5. The van der Waals surface area contributed by atoms with Gasteiger partial charge in [0, 0.05) is 43.0 Å². The molecule has 3 aromatic rings. The van der Waals surface area contributed by atoms with Gasteiger partial charge in [-0.1, -0.05) is 0 Å². The number of carbonyl (C=O) groups excluding carboxylic acids is 2. The molecule has 1 aliphatic heterocycles. The minimum absolute atomic E-state index is 0.109. The molecule has 1 saturated carbocycles. The van der Waals surface area contributed by atoms with Gasteiger partial charge in [0.1, 0.15) is 17.3 Å². The summed E-state index contributed by atoms with van der Waals surface area (Å²) in [5.74, 6) is 1.56. The Balaban J connectivity index is 1.29. The van der Waals surface area contributed by atoms with Crippen molar-refractivity contribution in [1.29, 1.82) is 0 Å². The number of hydrogen-bond donors (Lipinski definition) is 3. The number of aryl methyl sites for hydroxylation is 1. The number of carbonyl (C=O) groups is 2. The lowest BCUT2D eigenvalue weighted by Gasteiger charge is -2.29. The summed E-state index contributed by atoms with van der Waals surface area (Å²) in [6.07, 6.45) is 6.31. The van der Waals surface area contributed by atoms with Crippen LogP contribution in [-0.2, 0) is 0 Å². The van der Waals surface area contributed by atoms with E-state index in [-0.39, 0.29) is 18.2 Å². The van der Waals surface area contributed by atoms with E-state index in [2.05, 4.69) is 15.6 Å². The summed E-state index contributed by atoms with van der Waals surface area (Å²) in [5.41, 5.74) is 1.81. The number of nitrogens with zero attached hydrogens (tertiary/aromatic N) is 3. The van der Waals surface area contributed by atoms with Gasteiger partial charge in [-0.2, -0.15) is 0 Å². The third kappa shape index (κ3) is 4.78. The lowest BCUT2D eigenvalue weighted by atomic mass is 10.1. The average molecular weight is 450 g/mol. The van der Waals surface area contributed by atoms with E-state index < -0.39 is 0 Å². The van der Waals surface area contributed by atoms with Crippen molar-refractivity contribution in [3.05, 3.63) is 48.3 Å². The van der Waals surface area contributed by atoms with E-state index in [0.717, 1.165) is 29.3 Å². The monoisotopic (exact) mass is 449 g/mol. The Morgan fingerprint density at radius 1 is 1.06 bits per heavy atom. The van der Waals surface area contributed by atoms with Crippen molar-refractivity contribution in [2.24, 2.45) is 0 Å². The van der Waals surface area contributed by atoms with Gasteiger partial charge >= 0.3 is 12.1 Å². The van der Waals surface area contributed by atoms with Crippen molar-refractivity contribution in [2.75, 3.05) is 18.4 Å². The number of benzene rings is 1. The van der Waals surface area contributed by atoms with Gasteiger partial charge in [-0.15, -0.1) is 0 Å². The van der Waals surface area contributed by atoms with E-state index in [9.17, 15) is 14.7 Å². The number of anilines is 1. The summed E-state index contributed by atoms with van der Waals surface area (Å²) in [4.78, 5) is 30.9. The van der Waals surface area contributed by atoms with Crippen molar-refractivity contribution in [3.8, 4) is 11.5 Å². The molecular formula is C24H27N5O4. The van der Waals surface area contributed by atoms with Crippen molar-refractivity contribution in [1.82, 2.24) is 19.8 Å². The fourth-order valence-corrected chi connectivity index (χ4v) is 4.01. The Labute approximate surface area is 191 Å². The predicted molar refractivity (Wildman–Crippen MR) is 124 cm³/mol. The number of aliphatic hydroxyl groups is 1. The number of ether oxygens (including phenoxy) is 1. The highest BCUT2D eigenvalue weighted by Crippen LogP contribution is 2.30. The van der Waals surface area contributed by atoms with Gasteiger partial charge in [-0.25, -0.2) is 14.6 Å². The minimum atomic E-state index is -0.339. The zero-order valence-electron chi connectivity index (χ0n) is 18.5. The van der Waals surface area contributed by atoms with Crippen LogP contribution in [0.4, 0.5) is 15.4 Å². The molecule has 33 heavy (non-hydrogen) atoms. The van der Waals surface area contributed by atoms with E-state index in [1.54, 1.807) is 27.8 Å². The van der Waals surface area contributed by atoms with Crippen molar-refractivity contribution in [2.45, 2.75) is 44.8 Å². The molecule has 1 aromatic carbocycles. The van der Waals surface area contributed by atoms with Crippen LogP contribution < -0.4 is 15.4 Å². The molecule has 3 N–H and O–H groups in total. The number of aromatic nitrogens is 2. The van der Waals surface area contributed by atoms with E-state index in [0.29, 0.717) is 49.3 Å². The Morgan fingerprint density at radius 3 is 2.58 bits per heavy atom. The van der Waals surface area contributed by atoms with Gasteiger partial charge in [0.15, 0.2) is 0 Å². The fourth-order valence-electron chi connectivity index (χ4n) is 4.01. The molecule has 5 rings (SSSR count). The maximum Gasteiger partial charge on any atom is 0.326 e. The first-order valence-corrected chi connectivity index (χ1v) is 11.3. The Hall–Kier alpha value is -3.59. The van der Waals surface area contributed by atoms with Gasteiger partial charge < -0.3 is 20.1 Å². The summed E-state index contributed by atoms with van der Waals surface area (Å²) in [7, 11) is 0. The average Bonchev–Trinajstić information content (AvgIpc) is 3.56. The zero-order valence-corrected chi connectivity index (χ0v) is 18.5. The summed E-state index contributed by atoms with van der Waals surface area (Å²) in [6, 6.07) is 8.93. The zero-order chi connectivity index (χ0) is 22.9. The normalized spacial score (nSPS) is 16.6. The van der Waals surface area contributed by atoms with E-state index in [1.165, 1.54) is 0 Å². The van der Waals surface area contributed by atoms with Crippen LogP contribution in [0.5, 0.6) is 11.5 Å². The topological polar surface area (TPSA) is 109 Å². The second-order valence-corrected chi connectivity index (χ2v) is 8.71. The number of nitrogens with one attached hydrogen (secondary N) is 2. The first-order valence-electron chi connectivity index (χ1n) is 11.3. The van der Waals surface area contributed by atoms with Crippen LogP contribution in [0.15, 0.2) is 42.7 Å². The lowest BCUT2D eigenvalue weighted by molar-refractivity contribution is 0.0972. The number of fused-ring (bicyclic) bond motifs is 1. The number of rotatable bonds is 4. The van der Waals surface area contributed by atoms with E-state index >= 15 is 0 Å². The van der Waals surface area contributed by atoms with Crippen LogP contribution in [0.1, 0.15) is 31.2 Å². The maximum atomic E-state index is 12.5. The van der Waals surface area contributed by atoms with Crippen molar-refractivity contribution < 1.29 is 19.4 Å². The molecule has 9 nitrogen and oxygen atoms in total. The van der Waals surface area contributed by atoms with Gasteiger partial charge in [0.05, 0.1) is 11.6 Å². The molecule has 2 aliphatic rings. The first kappa shape index (κ1) is 21.3. The third-order valence-corrected chi connectivity index (χ3v) is 6.05. The van der Waals surface area contributed by atoms with E-state index in [1.807, 2.05) is 31.3 Å². The second kappa shape index (κ2) is 8.74. The molecule has 0 bridgehead atoms.